The minimum atomic E-state index is 0.704. The average molecular weight is 270 g/mol. The van der Waals surface area contributed by atoms with Crippen molar-refractivity contribution in [3.05, 3.63) is 54.1 Å². The average Bonchev–Trinajstić information content (AvgIpc) is 2.47. The summed E-state index contributed by atoms with van der Waals surface area (Å²) in [6.45, 7) is 3.51. The van der Waals surface area contributed by atoms with E-state index in [-0.39, 0.29) is 0 Å². The van der Waals surface area contributed by atoms with Gasteiger partial charge >= 0.3 is 0 Å². The zero-order chi connectivity index (χ0) is 14.4. The fraction of sp³-hybridized carbons (Fsp3) is 0.294. The van der Waals surface area contributed by atoms with Crippen LogP contribution in [0.3, 0.4) is 0 Å². The highest BCUT2D eigenvalue weighted by atomic mass is 16.5. The molecule has 20 heavy (non-hydrogen) atoms. The van der Waals surface area contributed by atoms with Crippen molar-refractivity contribution in [1.82, 2.24) is 0 Å². The normalized spacial score (nSPS) is 10.2. The molecule has 0 aromatic heterocycles. The molecule has 2 aromatic rings. The van der Waals surface area contributed by atoms with E-state index in [0.717, 1.165) is 18.0 Å². The molecule has 0 saturated heterocycles. The molecule has 0 fully saturated rings. The molecule has 0 atom stereocenters. The Kier molecular flexibility index (Phi) is 4.88. The van der Waals surface area contributed by atoms with Gasteiger partial charge in [-0.25, -0.2) is 0 Å². The number of nitrogens with one attached hydrogen (secondary N) is 1. The van der Waals surface area contributed by atoms with Gasteiger partial charge in [-0.05, 0) is 48.9 Å². The second-order valence-electron chi connectivity index (χ2n) is 4.87. The number of hydrogen-bond donors (Lipinski definition) is 1. The van der Waals surface area contributed by atoms with Gasteiger partial charge in [-0.15, -0.1) is 0 Å². The van der Waals surface area contributed by atoms with Crippen LogP contribution in [0, 0.1) is 0 Å². The van der Waals surface area contributed by atoms with Crippen molar-refractivity contribution in [3.8, 4) is 5.75 Å². The first-order chi connectivity index (χ1) is 9.69. The highest BCUT2D eigenvalue weighted by Gasteiger charge is 1.98. The predicted octanol–water partition coefficient (Wildman–Crippen LogP) is 3.76. The van der Waals surface area contributed by atoms with Crippen molar-refractivity contribution in [1.29, 1.82) is 0 Å². The molecule has 3 nitrogen and oxygen atoms in total. The number of benzene rings is 2. The van der Waals surface area contributed by atoms with Gasteiger partial charge in [-0.1, -0.05) is 12.1 Å². The van der Waals surface area contributed by atoms with E-state index in [1.165, 1.54) is 11.3 Å². The molecule has 0 aliphatic rings. The first-order valence-electron chi connectivity index (χ1n) is 6.92. The quantitative estimate of drug-likeness (QED) is 0.865. The van der Waals surface area contributed by atoms with Gasteiger partial charge < -0.3 is 15.0 Å². The van der Waals surface area contributed by atoms with Crippen LogP contribution < -0.4 is 15.0 Å². The lowest BCUT2D eigenvalue weighted by atomic mass is 10.2. The van der Waals surface area contributed by atoms with Gasteiger partial charge in [-0.3, -0.25) is 0 Å². The summed E-state index contributed by atoms with van der Waals surface area (Å²) in [5, 5.41) is 3.42. The molecule has 106 valence electrons. The molecule has 0 saturated carbocycles. The lowest BCUT2D eigenvalue weighted by molar-refractivity contribution is 0.340. The molecule has 3 heteroatoms. The van der Waals surface area contributed by atoms with Crippen molar-refractivity contribution >= 4 is 11.4 Å². The maximum absolute atomic E-state index is 5.43. The van der Waals surface area contributed by atoms with E-state index in [2.05, 4.69) is 46.6 Å². The van der Waals surface area contributed by atoms with Crippen molar-refractivity contribution < 1.29 is 4.74 Å². The summed E-state index contributed by atoms with van der Waals surface area (Å²) in [5.41, 5.74) is 3.58. The molecule has 2 aromatic carbocycles. The number of rotatable bonds is 6. The zero-order valence-electron chi connectivity index (χ0n) is 12.4. The van der Waals surface area contributed by atoms with E-state index in [0.29, 0.717) is 6.61 Å². The Morgan fingerprint density at radius 1 is 0.950 bits per heavy atom. The molecule has 0 radical (unpaired) electrons. The third kappa shape index (κ3) is 3.92. The highest BCUT2D eigenvalue weighted by molar-refractivity contribution is 5.54. The van der Waals surface area contributed by atoms with Crippen LogP contribution in [-0.4, -0.2) is 20.7 Å². The van der Waals surface area contributed by atoms with Crippen LogP contribution in [0.15, 0.2) is 48.5 Å². The maximum Gasteiger partial charge on any atom is 0.119 e. The molecule has 0 aliphatic heterocycles. The van der Waals surface area contributed by atoms with Crippen molar-refractivity contribution in [2.75, 3.05) is 30.9 Å². The van der Waals surface area contributed by atoms with Crippen LogP contribution in [0.1, 0.15) is 12.5 Å². The first-order valence-corrected chi connectivity index (χ1v) is 6.92. The minimum absolute atomic E-state index is 0.704. The summed E-state index contributed by atoms with van der Waals surface area (Å²) < 4.78 is 5.43. The maximum atomic E-state index is 5.43. The molecule has 0 unspecified atom stereocenters. The SMILES string of the molecule is CCOc1ccc(CNc2ccc(N(C)C)cc2)cc1. The Hall–Kier alpha value is -2.16. The number of nitrogens with zero attached hydrogens (tertiary/aromatic N) is 1. The predicted molar refractivity (Wildman–Crippen MR) is 85.7 cm³/mol. The second kappa shape index (κ2) is 6.85. The lowest BCUT2D eigenvalue weighted by Crippen LogP contribution is -2.08. The summed E-state index contributed by atoms with van der Waals surface area (Å²) in [5.74, 6) is 0.923. The molecule has 0 amide bonds. The van der Waals surface area contributed by atoms with E-state index in [4.69, 9.17) is 4.74 Å². The van der Waals surface area contributed by atoms with Crippen LogP contribution in [-0.2, 0) is 6.54 Å². The van der Waals surface area contributed by atoms with E-state index < -0.39 is 0 Å². The number of anilines is 2. The molecule has 1 N–H and O–H groups in total. The van der Waals surface area contributed by atoms with Gasteiger partial charge in [0.2, 0.25) is 0 Å². The van der Waals surface area contributed by atoms with Crippen LogP contribution in [0.2, 0.25) is 0 Å². The van der Waals surface area contributed by atoms with Gasteiger partial charge in [0, 0.05) is 32.0 Å². The Morgan fingerprint density at radius 2 is 1.60 bits per heavy atom. The lowest BCUT2D eigenvalue weighted by Gasteiger charge is -2.13. The largest absolute Gasteiger partial charge is 0.494 e. The van der Waals surface area contributed by atoms with Crippen molar-refractivity contribution in [2.24, 2.45) is 0 Å². The van der Waals surface area contributed by atoms with Crippen LogP contribution >= 0.6 is 0 Å². The Labute approximate surface area is 121 Å². The Bertz CT molecular complexity index is 518. The van der Waals surface area contributed by atoms with E-state index in [9.17, 15) is 0 Å². The summed E-state index contributed by atoms with van der Waals surface area (Å²) in [4.78, 5) is 2.09. The first kappa shape index (κ1) is 14.3. The minimum Gasteiger partial charge on any atom is -0.494 e. The fourth-order valence-corrected chi connectivity index (χ4v) is 1.95. The highest BCUT2D eigenvalue weighted by Crippen LogP contribution is 2.17. The Morgan fingerprint density at radius 3 is 2.15 bits per heavy atom. The summed E-state index contributed by atoms with van der Waals surface area (Å²) in [6, 6.07) is 16.6. The van der Waals surface area contributed by atoms with E-state index in [1.807, 2.05) is 33.2 Å². The molecule has 0 bridgehead atoms. The van der Waals surface area contributed by atoms with Crippen LogP contribution in [0.4, 0.5) is 11.4 Å². The van der Waals surface area contributed by atoms with E-state index in [1.54, 1.807) is 0 Å². The third-order valence-corrected chi connectivity index (χ3v) is 3.11. The van der Waals surface area contributed by atoms with Gasteiger partial charge in [0.25, 0.3) is 0 Å². The van der Waals surface area contributed by atoms with Gasteiger partial charge in [-0.2, -0.15) is 0 Å². The molecular formula is C17H22N2O. The summed E-state index contributed by atoms with van der Waals surface area (Å²) in [7, 11) is 4.09. The van der Waals surface area contributed by atoms with E-state index >= 15 is 0 Å². The zero-order valence-corrected chi connectivity index (χ0v) is 12.4. The van der Waals surface area contributed by atoms with Crippen molar-refractivity contribution in [3.63, 3.8) is 0 Å². The summed E-state index contributed by atoms with van der Waals surface area (Å²) >= 11 is 0. The molecule has 0 heterocycles. The number of hydrogen-bond acceptors (Lipinski definition) is 3. The number of ether oxygens (including phenoxy) is 1. The topological polar surface area (TPSA) is 24.5 Å². The standard InChI is InChI=1S/C17H22N2O/c1-4-20-17-11-5-14(6-12-17)13-18-15-7-9-16(10-8-15)19(2)3/h5-12,18H,4,13H2,1-3H3. The second-order valence-corrected chi connectivity index (χ2v) is 4.87. The van der Waals surface area contributed by atoms with Gasteiger partial charge in [0.05, 0.1) is 6.61 Å². The van der Waals surface area contributed by atoms with Crippen LogP contribution in [0.25, 0.3) is 0 Å². The Balaban J connectivity index is 1.91. The molecular weight excluding hydrogens is 248 g/mol. The van der Waals surface area contributed by atoms with Crippen LogP contribution in [0.5, 0.6) is 5.75 Å². The molecule has 0 spiro atoms. The van der Waals surface area contributed by atoms with Gasteiger partial charge in [0.1, 0.15) is 5.75 Å². The fourth-order valence-electron chi connectivity index (χ4n) is 1.95. The summed E-state index contributed by atoms with van der Waals surface area (Å²) in [6.07, 6.45) is 0. The molecule has 2 rings (SSSR count). The third-order valence-electron chi connectivity index (χ3n) is 3.11. The van der Waals surface area contributed by atoms with Crippen molar-refractivity contribution in [2.45, 2.75) is 13.5 Å². The monoisotopic (exact) mass is 270 g/mol. The molecule has 0 aliphatic carbocycles. The smallest absolute Gasteiger partial charge is 0.119 e. The van der Waals surface area contributed by atoms with Gasteiger partial charge in [0.15, 0.2) is 0 Å².